The fourth-order valence-corrected chi connectivity index (χ4v) is 4.48. The molecule has 148 valence electrons. The number of rotatable bonds is 6. The summed E-state index contributed by atoms with van der Waals surface area (Å²) in [4.78, 5) is 27.7. The fraction of sp³-hybridized carbons (Fsp3) is 0.364. The lowest BCUT2D eigenvalue weighted by atomic mass is 9.80. The van der Waals surface area contributed by atoms with Crippen LogP contribution in [0.2, 0.25) is 0 Å². The van der Waals surface area contributed by atoms with E-state index in [1.54, 1.807) is 23.5 Å². The maximum absolute atomic E-state index is 12.7. The molecular formula is C22H26N2O2S2. The van der Waals surface area contributed by atoms with Gasteiger partial charge in [-0.2, -0.15) is 0 Å². The molecule has 28 heavy (non-hydrogen) atoms. The standard InChI is InChI=1S/C22H26N2O2S2/c1-27-19-10-4-8-17(13-19)23-21(25)15-6-3-7-16(12-15)22(26)24-18-9-5-11-20(14-18)28-2/h4-5,8-11,13-16H,3,6-7,12H2,1-2H3,(H,23,25)(H,24,26). The van der Waals surface area contributed by atoms with Crippen molar-refractivity contribution in [2.75, 3.05) is 23.1 Å². The van der Waals surface area contributed by atoms with Crippen LogP contribution in [0.15, 0.2) is 58.3 Å². The van der Waals surface area contributed by atoms with Crippen molar-refractivity contribution in [2.45, 2.75) is 35.5 Å². The maximum atomic E-state index is 12.7. The molecule has 2 N–H and O–H groups in total. The number of hydrogen-bond donors (Lipinski definition) is 2. The van der Waals surface area contributed by atoms with E-state index in [4.69, 9.17) is 0 Å². The van der Waals surface area contributed by atoms with Crippen molar-refractivity contribution in [3.05, 3.63) is 48.5 Å². The maximum Gasteiger partial charge on any atom is 0.227 e. The number of benzene rings is 2. The van der Waals surface area contributed by atoms with Gasteiger partial charge in [-0.25, -0.2) is 0 Å². The van der Waals surface area contributed by atoms with Crippen LogP contribution in [0.3, 0.4) is 0 Å². The minimum Gasteiger partial charge on any atom is -0.326 e. The Morgan fingerprint density at radius 1 is 0.821 bits per heavy atom. The summed E-state index contributed by atoms with van der Waals surface area (Å²) in [7, 11) is 0. The number of thioether (sulfide) groups is 2. The van der Waals surface area contributed by atoms with Gasteiger partial charge in [-0.05, 0) is 68.2 Å². The van der Waals surface area contributed by atoms with Gasteiger partial charge in [0.15, 0.2) is 0 Å². The van der Waals surface area contributed by atoms with Crippen LogP contribution >= 0.6 is 23.5 Å². The van der Waals surface area contributed by atoms with Crippen molar-refractivity contribution in [2.24, 2.45) is 11.8 Å². The van der Waals surface area contributed by atoms with Gasteiger partial charge in [-0.15, -0.1) is 23.5 Å². The Kier molecular flexibility index (Phi) is 7.45. The summed E-state index contributed by atoms with van der Waals surface area (Å²) in [5.74, 6) is -0.222. The normalized spacial score (nSPS) is 19.1. The minimum atomic E-state index is -0.125. The average molecular weight is 415 g/mol. The molecule has 2 amide bonds. The van der Waals surface area contributed by atoms with Gasteiger partial charge in [0.2, 0.25) is 11.8 Å². The predicted molar refractivity (Wildman–Crippen MR) is 119 cm³/mol. The molecule has 1 saturated carbocycles. The number of anilines is 2. The van der Waals surface area contributed by atoms with Crippen LogP contribution in [0.4, 0.5) is 11.4 Å². The Labute approximate surface area is 175 Å². The summed E-state index contributed by atoms with van der Waals surface area (Å²) < 4.78 is 0. The molecule has 0 heterocycles. The number of nitrogens with one attached hydrogen (secondary N) is 2. The first-order valence-corrected chi connectivity index (χ1v) is 11.9. The summed E-state index contributed by atoms with van der Waals surface area (Å²) in [6.07, 6.45) is 7.19. The van der Waals surface area contributed by atoms with E-state index >= 15 is 0 Å². The van der Waals surface area contributed by atoms with E-state index in [1.165, 1.54) is 0 Å². The highest BCUT2D eigenvalue weighted by molar-refractivity contribution is 7.98. The van der Waals surface area contributed by atoms with Crippen molar-refractivity contribution in [1.82, 2.24) is 0 Å². The number of amides is 2. The summed E-state index contributed by atoms with van der Waals surface area (Å²) in [6, 6.07) is 15.7. The molecule has 2 atom stereocenters. The number of carbonyl (C=O) groups is 2. The number of carbonyl (C=O) groups excluding carboxylic acids is 2. The Balaban J connectivity index is 1.59. The first-order chi connectivity index (χ1) is 13.6. The van der Waals surface area contributed by atoms with Crippen LogP contribution in [0, 0.1) is 11.8 Å². The van der Waals surface area contributed by atoms with Crippen molar-refractivity contribution >= 4 is 46.7 Å². The van der Waals surface area contributed by atoms with E-state index in [0.29, 0.717) is 6.42 Å². The molecule has 2 aromatic carbocycles. The largest absolute Gasteiger partial charge is 0.326 e. The highest BCUT2D eigenvalue weighted by Gasteiger charge is 2.31. The van der Waals surface area contributed by atoms with Crippen molar-refractivity contribution in [1.29, 1.82) is 0 Å². The van der Waals surface area contributed by atoms with E-state index in [9.17, 15) is 9.59 Å². The SMILES string of the molecule is CSc1cccc(NC(=O)C2CCCC(C(=O)Nc3cccc(SC)c3)C2)c1. The van der Waals surface area contributed by atoms with Crippen molar-refractivity contribution < 1.29 is 9.59 Å². The fourth-order valence-electron chi connectivity index (χ4n) is 3.56. The molecule has 3 rings (SSSR count). The van der Waals surface area contributed by atoms with E-state index < -0.39 is 0 Å². The number of hydrogen-bond acceptors (Lipinski definition) is 4. The summed E-state index contributed by atoms with van der Waals surface area (Å²) >= 11 is 3.30. The zero-order valence-electron chi connectivity index (χ0n) is 16.2. The third-order valence-corrected chi connectivity index (χ3v) is 6.54. The summed E-state index contributed by atoms with van der Waals surface area (Å²) in [5, 5.41) is 6.05. The molecule has 6 heteroatoms. The molecule has 1 aliphatic carbocycles. The Hall–Kier alpha value is -1.92. The van der Waals surface area contributed by atoms with Crippen LogP contribution in [0.1, 0.15) is 25.7 Å². The molecule has 1 aliphatic rings. The quantitative estimate of drug-likeness (QED) is 0.612. The zero-order valence-corrected chi connectivity index (χ0v) is 17.9. The zero-order chi connectivity index (χ0) is 19.9. The summed E-state index contributed by atoms with van der Waals surface area (Å²) in [6.45, 7) is 0. The smallest absolute Gasteiger partial charge is 0.227 e. The van der Waals surface area contributed by atoms with E-state index in [2.05, 4.69) is 10.6 Å². The van der Waals surface area contributed by atoms with Crippen LogP contribution in [-0.2, 0) is 9.59 Å². The second kappa shape index (κ2) is 10.0. The highest BCUT2D eigenvalue weighted by Crippen LogP contribution is 2.31. The molecule has 2 unspecified atom stereocenters. The average Bonchev–Trinajstić information content (AvgIpc) is 2.74. The van der Waals surface area contributed by atoms with Crippen LogP contribution in [-0.4, -0.2) is 24.3 Å². The van der Waals surface area contributed by atoms with Crippen LogP contribution < -0.4 is 10.6 Å². The predicted octanol–water partition coefficient (Wildman–Crippen LogP) is 5.51. The molecule has 0 aromatic heterocycles. The Bertz CT molecular complexity index is 773. The van der Waals surface area contributed by atoms with Crippen molar-refractivity contribution in [3.8, 4) is 0 Å². The van der Waals surface area contributed by atoms with Gasteiger partial charge in [-0.1, -0.05) is 18.6 Å². The van der Waals surface area contributed by atoms with Gasteiger partial charge in [0, 0.05) is 33.0 Å². The molecule has 0 aliphatic heterocycles. The Morgan fingerprint density at radius 3 is 1.71 bits per heavy atom. The van der Waals surface area contributed by atoms with E-state index in [1.807, 2.05) is 61.0 Å². The van der Waals surface area contributed by atoms with Gasteiger partial charge in [0.1, 0.15) is 0 Å². The third kappa shape index (κ3) is 5.55. The monoisotopic (exact) mass is 414 g/mol. The topological polar surface area (TPSA) is 58.2 Å². The highest BCUT2D eigenvalue weighted by atomic mass is 32.2. The molecule has 4 nitrogen and oxygen atoms in total. The molecule has 0 spiro atoms. The minimum absolute atomic E-state index is 0.0140. The van der Waals surface area contributed by atoms with Gasteiger partial charge < -0.3 is 10.6 Å². The van der Waals surface area contributed by atoms with Crippen LogP contribution in [0.5, 0.6) is 0 Å². The third-order valence-electron chi connectivity index (χ3n) is 5.09. The second-order valence-electron chi connectivity index (χ2n) is 7.00. The molecule has 2 aromatic rings. The lowest BCUT2D eigenvalue weighted by Crippen LogP contribution is -2.33. The lowest BCUT2D eigenvalue weighted by molar-refractivity contribution is -0.124. The second-order valence-corrected chi connectivity index (χ2v) is 8.76. The van der Waals surface area contributed by atoms with Crippen molar-refractivity contribution in [3.63, 3.8) is 0 Å². The molecule has 0 radical (unpaired) electrons. The first-order valence-electron chi connectivity index (χ1n) is 9.49. The molecular weight excluding hydrogens is 388 g/mol. The van der Waals surface area contributed by atoms with E-state index in [-0.39, 0.29) is 23.7 Å². The van der Waals surface area contributed by atoms with E-state index in [0.717, 1.165) is 40.4 Å². The van der Waals surface area contributed by atoms with Crippen LogP contribution in [0.25, 0.3) is 0 Å². The van der Waals surface area contributed by atoms with Gasteiger partial charge in [0.05, 0.1) is 0 Å². The molecule has 0 bridgehead atoms. The molecule has 1 fully saturated rings. The lowest BCUT2D eigenvalue weighted by Gasteiger charge is -2.27. The molecule has 0 saturated heterocycles. The van der Waals surface area contributed by atoms with Gasteiger partial charge >= 0.3 is 0 Å². The van der Waals surface area contributed by atoms with Gasteiger partial charge in [0.25, 0.3) is 0 Å². The van der Waals surface area contributed by atoms with Gasteiger partial charge in [-0.3, -0.25) is 9.59 Å². The summed E-state index contributed by atoms with van der Waals surface area (Å²) in [5.41, 5.74) is 1.63. The first kappa shape index (κ1) is 20.8. The Morgan fingerprint density at radius 2 is 1.29 bits per heavy atom.